The van der Waals surface area contributed by atoms with E-state index in [0.29, 0.717) is 0 Å². The SMILES string of the molecule is CCP(CC)c1ccc[c-]1P(CC)CC.[Hf].[cH-]1[cH-][cH-][cH-][cH-]1. The Morgan fingerprint density at radius 2 is 1.33 bits per heavy atom. The van der Waals surface area contributed by atoms with E-state index in [1.54, 1.807) is 10.6 Å². The van der Waals surface area contributed by atoms with Crippen LogP contribution in [0.4, 0.5) is 0 Å². The molecule has 0 N–H and O–H groups in total. The summed E-state index contributed by atoms with van der Waals surface area (Å²) < 4.78 is 0. The molecule has 0 nitrogen and oxygen atoms in total. The molecule has 0 heterocycles. The van der Waals surface area contributed by atoms with Gasteiger partial charge in [-0.2, -0.15) is 6.07 Å². The fourth-order valence-electron chi connectivity index (χ4n) is 2.39. The summed E-state index contributed by atoms with van der Waals surface area (Å²) in [5.74, 6) is 0. The predicted molar refractivity (Wildman–Crippen MR) is 99.3 cm³/mol. The zero-order chi connectivity index (χ0) is 14.8. The Labute approximate surface area is 152 Å². The van der Waals surface area contributed by atoms with E-state index >= 15 is 0 Å². The fraction of sp³-hybridized carbons (Fsp3) is 0.444. The van der Waals surface area contributed by atoms with E-state index < -0.39 is 0 Å². The Hall–Kier alpha value is 0.430. The summed E-state index contributed by atoms with van der Waals surface area (Å²) in [6.45, 7) is 9.36. The van der Waals surface area contributed by atoms with Gasteiger partial charge in [0.15, 0.2) is 0 Å². The van der Waals surface area contributed by atoms with Gasteiger partial charge in [0.25, 0.3) is 0 Å². The standard InChI is InChI=1S/C13H23P2.C5H5.Hf/c1-5-14(6-2)12-10-9-11-13(12)15(7-3)8-4;1-2-4-5-3-1;/h9-11H,5-8H2,1-4H3;1-5H;/q-1;-5;. The number of hydrogen-bond donors (Lipinski definition) is 0. The molecule has 0 aliphatic carbocycles. The normalized spacial score (nSPS) is 10.2. The second-order valence-electron chi connectivity index (χ2n) is 4.60. The third kappa shape index (κ3) is 7.02. The molecule has 2 aromatic rings. The Morgan fingerprint density at radius 3 is 1.71 bits per heavy atom. The Morgan fingerprint density at radius 1 is 0.857 bits per heavy atom. The molecule has 21 heavy (non-hydrogen) atoms. The molecule has 120 valence electrons. The van der Waals surface area contributed by atoms with E-state index in [9.17, 15) is 0 Å². The van der Waals surface area contributed by atoms with Gasteiger partial charge in [0, 0.05) is 25.8 Å². The third-order valence-electron chi connectivity index (χ3n) is 3.53. The molecule has 3 heteroatoms. The van der Waals surface area contributed by atoms with Crippen molar-refractivity contribution in [3.05, 3.63) is 48.5 Å². The molecule has 0 bridgehead atoms. The summed E-state index contributed by atoms with van der Waals surface area (Å²) in [7, 11) is 0.274. The maximum absolute atomic E-state index is 2.38. The zero-order valence-electron chi connectivity index (χ0n) is 13.8. The molecule has 0 aliphatic heterocycles. The van der Waals surface area contributed by atoms with Crippen LogP contribution in [0, 0.1) is 0 Å². The third-order valence-corrected chi connectivity index (χ3v) is 8.91. The van der Waals surface area contributed by atoms with Crippen LogP contribution in [-0.4, -0.2) is 24.6 Å². The molecular formula is C18H28HfP2-6. The van der Waals surface area contributed by atoms with Crippen molar-refractivity contribution in [2.24, 2.45) is 0 Å². The van der Waals surface area contributed by atoms with Crippen molar-refractivity contribution in [1.29, 1.82) is 0 Å². The summed E-state index contributed by atoms with van der Waals surface area (Å²) >= 11 is 0. The second-order valence-corrected chi connectivity index (χ2v) is 10.3. The van der Waals surface area contributed by atoms with E-state index in [1.165, 1.54) is 24.6 Å². The van der Waals surface area contributed by atoms with Crippen LogP contribution in [0.15, 0.2) is 48.5 Å². The monoisotopic (exact) mass is 486 g/mol. The summed E-state index contributed by atoms with van der Waals surface area (Å²) in [5, 5.41) is 3.43. The van der Waals surface area contributed by atoms with Gasteiger partial charge in [0.2, 0.25) is 0 Å². The second kappa shape index (κ2) is 12.9. The van der Waals surface area contributed by atoms with Gasteiger partial charge >= 0.3 is 0 Å². The predicted octanol–water partition coefficient (Wildman–Crippen LogP) is 5.10. The van der Waals surface area contributed by atoms with Crippen LogP contribution >= 0.6 is 15.8 Å². The van der Waals surface area contributed by atoms with Crippen molar-refractivity contribution in [2.75, 3.05) is 24.6 Å². The van der Waals surface area contributed by atoms with Crippen LogP contribution in [-0.2, 0) is 25.8 Å². The van der Waals surface area contributed by atoms with Crippen LogP contribution in [0.1, 0.15) is 27.7 Å². The smallest absolute Gasteiger partial charge is 0 e. The molecule has 0 amide bonds. The van der Waals surface area contributed by atoms with Gasteiger partial charge in [0.05, 0.1) is 0 Å². The molecule has 2 aromatic carbocycles. The molecule has 0 radical (unpaired) electrons. The molecule has 0 spiro atoms. The van der Waals surface area contributed by atoms with E-state index in [4.69, 9.17) is 0 Å². The van der Waals surface area contributed by atoms with E-state index in [0.717, 1.165) is 0 Å². The number of rotatable bonds is 6. The van der Waals surface area contributed by atoms with Crippen molar-refractivity contribution < 1.29 is 25.8 Å². The van der Waals surface area contributed by atoms with Gasteiger partial charge in [-0.3, -0.25) is 0 Å². The summed E-state index contributed by atoms with van der Waals surface area (Å²) in [6.07, 6.45) is 5.39. The Balaban J connectivity index is 0.000000562. The maximum atomic E-state index is 2.38. The van der Waals surface area contributed by atoms with E-state index in [-0.39, 0.29) is 41.7 Å². The molecule has 0 atom stereocenters. The molecular weight excluding hydrogens is 457 g/mol. The van der Waals surface area contributed by atoms with E-state index in [1.807, 2.05) is 30.3 Å². The van der Waals surface area contributed by atoms with Crippen molar-refractivity contribution >= 4 is 26.5 Å². The summed E-state index contributed by atoms with van der Waals surface area (Å²) in [6, 6.07) is 17.0. The summed E-state index contributed by atoms with van der Waals surface area (Å²) in [5.41, 5.74) is 0. The molecule has 0 fully saturated rings. The van der Waals surface area contributed by atoms with Crippen molar-refractivity contribution in [1.82, 2.24) is 0 Å². The number of hydrogen-bond acceptors (Lipinski definition) is 0. The molecule has 0 aliphatic rings. The van der Waals surface area contributed by atoms with Gasteiger partial charge in [-0.1, -0.05) is 27.7 Å². The minimum absolute atomic E-state index is 0. The van der Waals surface area contributed by atoms with E-state index in [2.05, 4.69) is 45.9 Å². The first kappa shape index (κ1) is 21.4. The molecule has 2 rings (SSSR count). The van der Waals surface area contributed by atoms with Gasteiger partial charge in [-0.25, -0.2) is 12.1 Å². The van der Waals surface area contributed by atoms with Crippen LogP contribution in [0.25, 0.3) is 0 Å². The molecule has 0 saturated carbocycles. The first-order chi connectivity index (χ1) is 9.78. The average molecular weight is 485 g/mol. The molecule has 0 saturated heterocycles. The van der Waals surface area contributed by atoms with Gasteiger partial charge in [0.1, 0.15) is 0 Å². The molecule has 0 unspecified atom stereocenters. The first-order valence-electron chi connectivity index (χ1n) is 7.70. The van der Waals surface area contributed by atoms with Crippen LogP contribution in [0.2, 0.25) is 0 Å². The molecule has 0 aromatic heterocycles. The largest absolute Gasteiger partial charge is 0.748 e. The minimum atomic E-state index is 0. The Bertz CT molecular complexity index is 382. The zero-order valence-corrected chi connectivity index (χ0v) is 19.2. The van der Waals surface area contributed by atoms with Crippen LogP contribution < -0.4 is 10.6 Å². The van der Waals surface area contributed by atoms with Crippen molar-refractivity contribution in [2.45, 2.75) is 27.7 Å². The fourth-order valence-corrected chi connectivity index (χ4v) is 6.88. The van der Waals surface area contributed by atoms with Crippen molar-refractivity contribution in [3.63, 3.8) is 0 Å². The quantitative estimate of drug-likeness (QED) is 0.304. The first-order valence-corrected chi connectivity index (χ1v) is 11.1. The van der Waals surface area contributed by atoms with Gasteiger partial charge < -0.3 is 30.3 Å². The Kier molecular flexibility index (Phi) is 13.2. The average Bonchev–Trinajstić information content (AvgIpc) is 3.16. The minimum Gasteiger partial charge on any atom is -0.748 e. The van der Waals surface area contributed by atoms with Crippen LogP contribution in [0.3, 0.4) is 0 Å². The maximum Gasteiger partial charge on any atom is 0 e. The van der Waals surface area contributed by atoms with Gasteiger partial charge in [-0.15, -0.1) is 26.5 Å². The topological polar surface area (TPSA) is 0 Å². The van der Waals surface area contributed by atoms with Crippen LogP contribution in [0.5, 0.6) is 0 Å². The van der Waals surface area contributed by atoms with Crippen molar-refractivity contribution in [3.8, 4) is 0 Å². The van der Waals surface area contributed by atoms with Gasteiger partial charge in [-0.05, 0) is 24.6 Å². The summed E-state index contributed by atoms with van der Waals surface area (Å²) in [4.78, 5) is 0.